The second-order valence-electron chi connectivity index (χ2n) is 6.56. The first-order chi connectivity index (χ1) is 12.9. The molecule has 1 aliphatic rings. The summed E-state index contributed by atoms with van der Waals surface area (Å²) in [6, 6.07) is 9.24. The molecule has 0 saturated carbocycles. The van der Waals surface area contributed by atoms with Crippen molar-refractivity contribution in [2.45, 2.75) is 19.5 Å². The molecule has 27 heavy (non-hydrogen) atoms. The molecule has 1 aromatic carbocycles. The molecule has 0 atom stereocenters. The Kier molecular flexibility index (Phi) is 6.15. The summed E-state index contributed by atoms with van der Waals surface area (Å²) in [5, 5.41) is 8.33. The minimum atomic E-state index is -4.41. The van der Waals surface area contributed by atoms with E-state index < -0.39 is 11.7 Å². The molecule has 146 valence electrons. The lowest BCUT2D eigenvalue weighted by atomic mass is 10.2. The highest BCUT2D eigenvalue weighted by Gasteiger charge is 2.34. The van der Waals surface area contributed by atoms with Gasteiger partial charge in [0.25, 0.3) is 0 Å². The van der Waals surface area contributed by atoms with Crippen molar-refractivity contribution in [3.8, 4) is 5.75 Å². The van der Waals surface area contributed by atoms with Crippen LogP contribution in [0.1, 0.15) is 17.7 Å². The molecule has 1 aromatic heterocycles. The van der Waals surface area contributed by atoms with Crippen molar-refractivity contribution in [2.75, 3.05) is 44.2 Å². The molecule has 0 radical (unpaired) electrons. The number of hydrogen-bond donors (Lipinski definition) is 0. The van der Waals surface area contributed by atoms with E-state index in [1.54, 1.807) is 6.07 Å². The first kappa shape index (κ1) is 19.4. The third-order valence-corrected chi connectivity index (χ3v) is 4.55. The van der Waals surface area contributed by atoms with Crippen LogP contribution >= 0.6 is 0 Å². The Hall–Kier alpha value is -2.35. The number of nitrogens with zero attached hydrogens (tertiary/aromatic N) is 4. The Morgan fingerprint density at radius 3 is 2.56 bits per heavy atom. The number of aromatic nitrogens is 2. The molecule has 1 fully saturated rings. The van der Waals surface area contributed by atoms with Crippen LogP contribution in [-0.4, -0.2) is 54.4 Å². The minimum absolute atomic E-state index is 0.114. The van der Waals surface area contributed by atoms with Crippen LogP contribution in [-0.2, 0) is 6.18 Å². The van der Waals surface area contributed by atoms with Gasteiger partial charge < -0.3 is 9.64 Å². The maximum atomic E-state index is 13.0. The Morgan fingerprint density at radius 1 is 1.00 bits per heavy atom. The van der Waals surface area contributed by atoms with Crippen LogP contribution in [0.25, 0.3) is 0 Å². The summed E-state index contributed by atoms with van der Waals surface area (Å²) in [4.78, 5) is 4.39. The van der Waals surface area contributed by atoms with E-state index in [-0.39, 0.29) is 12.4 Å². The van der Waals surface area contributed by atoms with E-state index >= 15 is 0 Å². The molecule has 1 saturated heterocycles. The summed E-state index contributed by atoms with van der Waals surface area (Å²) < 4.78 is 44.5. The molecule has 0 unspecified atom stereocenters. The van der Waals surface area contributed by atoms with E-state index in [9.17, 15) is 13.2 Å². The topological polar surface area (TPSA) is 41.5 Å². The molecule has 2 heterocycles. The average molecular weight is 380 g/mol. The lowest BCUT2D eigenvalue weighted by Crippen LogP contribution is -2.33. The Balaban J connectivity index is 1.51. The van der Waals surface area contributed by atoms with Crippen LogP contribution in [0.2, 0.25) is 0 Å². The molecule has 0 bridgehead atoms. The molecular weight excluding hydrogens is 357 g/mol. The summed E-state index contributed by atoms with van der Waals surface area (Å²) in [7, 11) is 0. The third kappa shape index (κ3) is 5.32. The summed E-state index contributed by atoms with van der Waals surface area (Å²) in [6.07, 6.45) is -3.45. The highest BCUT2D eigenvalue weighted by Crippen LogP contribution is 2.35. The molecule has 0 spiro atoms. The van der Waals surface area contributed by atoms with Gasteiger partial charge >= 0.3 is 6.18 Å². The fourth-order valence-corrected chi connectivity index (χ4v) is 3.10. The summed E-state index contributed by atoms with van der Waals surface area (Å²) in [6.45, 7) is 6.07. The van der Waals surface area contributed by atoms with Crippen molar-refractivity contribution in [3.05, 3.63) is 47.7 Å². The van der Waals surface area contributed by atoms with Crippen LogP contribution in [0, 0.1) is 6.92 Å². The van der Waals surface area contributed by atoms with E-state index in [4.69, 9.17) is 4.74 Å². The van der Waals surface area contributed by atoms with Crippen molar-refractivity contribution in [1.82, 2.24) is 15.1 Å². The van der Waals surface area contributed by atoms with Gasteiger partial charge in [0, 0.05) is 32.7 Å². The zero-order valence-electron chi connectivity index (χ0n) is 15.2. The van der Waals surface area contributed by atoms with Crippen LogP contribution in [0.4, 0.5) is 19.0 Å². The van der Waals surface area contributed by atoms with E-state index in [1.165, 1.54) is 12.1 Å². The average Bonchev–Trinajstić information content (AvgIpc) is 2.88. The van der Waals surface area contributed by atoms with Crippen LogP contribution in [0.15, 0.2) is 36.4 Å². The largest absolute Gasteiger partial charge is 0.492 e. The van der Waals surface area contributed by atoms with E-state index in [0.29, 0.717) is 6.54 Å². The molecule has 0 N–H and O–H groups in total. The van der Waals surface area contributed by atoms with Crippen LogP contribution < -0.4 is 9.64 Å². The number of hydrogen-bond acceptors (Lipinski definition) is 5. The number of rotatable bonds is 5. The van der Waals surface area contributed by atoms with Crippen LogP contribution in [0.5, 0.6) is 5.75 Å². The van der Waals surface area contributed by atoms with E-state index in [2.05, 4.69) is 20.0 Å². The number of anilines is 1. The number of alkyl halides is 3. The fourth-order valence-electron chi connectivity index (χ4n) is 3.10. The predicted molar refractivity (Wildman–Crippen MR) is 97.0 cm³/mol. The zero-order valence-corrected chi connectivity index (χ0v) is 15.2. The van der Waals surface area contributed by atoms with Crippen molar-refractivity contribution in [3.63, 3.8) is 0 Å². The van der Waals surface area contributed by atoms with Gasteiger partial charge in [0.05, 0.1) is 11.3 Å². The summed E-state index contributed by atoms with van der Waals surface area (Å²) in [5.74, 6) is 0.745. The second kappa shape index (κ2) is 8.56. The lowest BCUT2D eigenvalue weighted by molar-refractivity contribution is -0.139. The summed E-state index contributed by atoms with van der Waals surface area (Å²) in [5.41, 5.74) is 0.150. The predicted octanol–water partition coefficient (Wildman–Crippen LogP) is 3.39. The first-order valence-electron chi connectivity index (χ1n) is 9.00. The van der Waals surface area contributed by atoms with Gasteiger partial charge in [-0.25, -0.2) is 0 Å². The first-order valence-corrected chi connectivity index (χ1v) is 9.00. The van der Waals surface area contributed by atoms with Gasteiger partial charge in [-0.15, -0.1) is 5.10 Å². The van der Waals surface area contributed by atoms with E-state index in [1.807, 2.05) is 19.1 Å². The van der Waals surface area contributed by atoms with Gasteiger partial charge in [-0.3, -0.25) is 4.90 Å². The normalized spacial score (nSPS) is 16.2. The zero-order chi connectivity index (χ0) is 19.3. The molecule has 8 heteroatoms. The van der Waals surface area contributed by atoms with Gasteiger partial charge in [0.1, 0.15) is 12.4 Å². The molecule has 5 nitrogen and oxygen atoms in total. The number of benzene rings is 1. The third-order valence-electron chi connectivity index (χ3n) is 4.55. The molecule has 3 rings (SSSR count). The highest BCUT2D eigenvalue weighted by molar-refractivity contribution is 5.37. The van der Waals surface area contributed by atoms with Crippen molar-refractivity contribution < 1.29 is 17.9 Å². The van der Waals surface area contributed by atoms with Gasteiger partial charge in [-0.05, 0) is 37.6 Å². The maximum Gasteiger partial charge on any atom is 0.419 e. The Labute approximate surface area is 156 Å². The van der Waals surface area contributed by atoms with Gasteiger partial charge in [0.15, 0.2) is 5.82 Å². The highest BCUT2D eigenvalue weighted by atomic mass is 19.4. The van der Waals surface area contributed by atoms with E-state index in [0.717, 1.165) is 50.2 Å². The number of halogens is 3. The Morgan fingerprint density at radius 2 is 1.81 bits per heavy atom. The summed E-state index contributed by atoms with van der Waals surface area (Å²) >= 11 is 0. The van der Waals surface area contributed by atoms with Gasteiger partial charge in [-0.1, -0.05) is 12.1 Å². The molecule has 0 aliphatic carbocycles. The number of para-hydroxylation sites is 1. The van der Waals surface area contributed by atoms with Gasteiger partial charge in [0.2, 0.25) is 0 Å². The molecule has 2 aromatic rings. The maximum absolute atomic E-state index is 13.0. The quantitative estimate of drug-likeness (QED) is 0.795. The number of aryl methyl sites for hydroxylation is 1. The minimum Gasteiger partial charge on any atom is -0.492 e. The van der Waals surface area contributed by atoms with Crippen molar-refractivity contribution in [1.29, 1.82) is 0 Å². The fraction of sp³-hybridized carbons (Fsp3) is 0.474. The number of ether oxygens (including phenoxy) is 1. The Bertz CT molecular complexity index is 736. The standard InChI is InChI=1S/C19H23F3N4O/c1-15-7-8-18(24-23-15)26-10-4-9-25(11-12-26)13-14-27-17-6-3-2-5-16(17)19(20,21)22/h2-3,5-8H,4,9-14H2,1H3. The lowest BCUT2D eigenvalue weighted by Gasteiger charge is -2.22. The SMILES string of the molecule is Cc1ccc(N2CCCN(CCOc3ccccc3C(F)(F)F)CC2)nn1. The monoisotopic (exact) mass is 380 g/mol. The van der Waals surface area contributed by atoms with Crippen molar-refractivity contribution in [2.24, 2.45) is 0 Å². The molecular formula is C19H23F3N4O. The smallest absolute Gasteiger partial charge is 0.419 e. The molecule has 1 aliphatic heterocycles. The van der Waals surface area contributed by atoms with Gasteiger partial charge in [-0.2, -0.15) is 18.3 Å². The molecule has 0 amide bonds. The van der Waals surface area contributed by atoms with Crippen molar-refractivity contribution >= 4 is 5.82 Å². The van der Waals surface area contributed by atoms with Crippen LogP contribution in [0.3, 0.4) is 0 Å². The second-order valence-corrected chi connectivity index (χ2v) is 6.56.